The SMILES string of the molecule is CCCN1CCC(C)C(C)C(C)C1. The Kier molecular flexibility index (Phi) is 4.24. The molecule has 0 spiro atoms. The summed E-state index contributed by atoms with van der Waals surface area (Å²) in [6.45, 7) is 13.5. The highest BCUT2D eigenvalue weighted by Gasteiger charge is 2.24. The Morgan fingerprint density at radius 1 is 1.15 bits per heavy atom. The van der Waals surface area contributed by atoms with Gasteiger partial charge in [-0.3, -0.25) is 0 Å². The van der Waals surface area contributed by atoms with Crippen LogP contribution in [0.2, 0.25) is 0 Å². The van der Waals surface area contributed by atoms with Crippen molar-refractivity contribution in [1.29, 1.82) is 0 Å². The normalized spacial score (nSPS) is 37.4. The first-order valence-electron chi connectivity index (χ1n) is 5.87. The summed E-state index contributed by atoms with van der Waals surface area (Å²) in [4.78, 5) is 2.64. The van der Waals surface area contributed by atoms with E-state index >= 15 is 0 Å². The molecule has 0 saturated carbocycles. The van der Waals surface area contributed by atoms with Gasteiger partial charge in [-0.2, -0.15) is 0 Å². The highest BCUT2D eigenvalue weighted by atomic mass is 15.1. The first-order valence-corrected chi connectivity index (χ1v) is 5.87. The van der Waals surface area contributed by atoms with Crippen molar-refractivity contribution in [3.8, 4) is 0 Å². The molecule has 0 aromatic rings. The van der Waals surface area contributed by atoms with Gasteiger partial charge in [0.15, 0.2) is 0 Å². The zero-order chi connectivity index (χ0) is 9.84. The van der Waals surface area contributed by atoms with Crippen LogP contribution in [0.15, 0.2) is 0 Å². The van der Waals surface area contributed by atoms with Crippen molar-refractivity contribution in [2.75, 3.05) is 19.6 Å². The van der Waals surface area contributed by atoms with E-state index in [1.807, 2.05) is 0 Å². The quantitative estimate of drug-likeness (QED) is 0.636. The van der Waals surface area contributed by atoms with Crippen LogP contribution in [0.1, 0.15) is 40.5 Å². The van der Waals surface area contributed by atoms with Crippen LogP contribution in [0.25, 0.3) is 0 Å². The monoisotopic (exact) mass is 183 g/mol. The standard InChI is InChI=1S/C12H25N/c1-5-7-13-8-6-10(2)12(4)11(3)9-13/h10-12H,5-9H2,1-4H3. The Balaban J connectivity index is 2.48. The number of rotatable bonds is 2. The van der Waals surface area contributed by atoms with Crippen molar-refractivity contribution < 1.29 is 0 Å². The molecule has 1 heterocycles. The van der Waals surface area contributed by atoms with Crippen LogP contribution >= 0.6 is 0 Å². The maximum absolute atomic E-state index is 2.64. The number of likely N-dealkylation sites (tertiary alicyclic amines) is 1. The van der Waals surface area contributed by atoms with Crippen LogP contribution in [0.3, 0.4) is 0 Å². The van der Waals surface area contributed by atoms with Gasteiger partial charge >= 0.3 is 0 Å². The predicted octanol–water partition coefficient (Wildman–Crippen LogP) is 3.01. The van der Waals surface area contributed by atoms with Gasteiger partial charge in [-0.25, -0.2) is 0 Å². The molecule has 1 nitrogen and oxygen atoms in total. The molecular formula is C12H25N. The molecule has 0 N–H and O–H groups in total. The summed E-state index contributed by atoms with van der Waals surface area (Å²) in [5.41, 5.74) is 0. The molecule has 0 aromatic heterocycles. The van der Waals surface area contributed by atoms with Gasteiger partial charge in [0.05, 0.1) is 0 Å². The molecule has 13 heavy (non-hydrogen) atoms. The van der Waals surface area contributed by atoms with Crippen LogP contribution in [0.5, 0.6) is 0 Å². The van der Waals surface area contributed by atoms with E-state index in [0.29, 0.717) is 0 Å². The van der Waals surface area contributed by atoms with Gasteiger partial charge in [-0.15, -0.1) is 0 Å². The molecule has 1 aliphatic heterocycles. The Hall–Kier alpha value is -0.0400. The summed E-state index contributed by atoms with van der Waals surface area (Å²) in [5.74, 6) is 2.70. The lowest BCUT2D eigenvalue weighted by Gasteiger charge is -2.24. The van der Waals surface area contributed by atoms with Crippen molar-refractivity contribution in [1.82, 2.24) is 4.90 Å². The Morgan fingerprint density at radius 2 is 1.85 bits per heavy atom. The number of nitrogens with zero attached hydrogens (tertiary/aromatic N) is 1. The van der Waals surface area contributed by atoms with Crippen molar-refractivity contribution in [2.24, 2.45) is 17.8 Å². The molecule has 1 rings (SSSR count). The second kappa shape index (κ2) is 4.99. The van der Waals surface area contributed by atoms with Crippen LogP contribution in [-0.4, -0.2) is 24.5 Å². The zero-order valence-corrected chi connectivity index (χ0v) is 9.71. The van der Waals surface area contributed by atoms with Gasteiger partial charge < -0.3 is 4.90 Å². The maximum atomic E-state index is 2.64. The van der Waals surface area contributed by atoms with E-state index in [2.05, 4.69) is 32.6 Å². The Bertz CT molecular complexity index is 144. The molecule has 0 aromatic carbocycles. The lowest BCUT2D eigenvalue weighted by atomic mass is 9.85. The van der Waals surface area contributed by atoms with Gasteiger partial charge in [-0.1, -0.05) is 27.7 Å². The van der Waals surface area contributed by atoms with Gasteiger partial charge in [0.1, 0.15) is 0 Å². The lowest BCUT2D eigenvalue weighted by Crippen LogP contribution is -2.29. The average Bonchev–Trinajstić information content (AvgIpc) is 2.21. The van der Waals surface area contributed by atoms with Gasteiger partial charge in [-0.05, 0) is 43.7 Å². The summed E-state index contributed by atoms with van der Waals surface area (Å²) in [6.07, 6.45) is 2.70. The number of hydrogen-bond acceptors (Lipinski definition) is 1. The van der Waals surface area contributed by atoms with Crippen molar-refractivity contribution in [3.63, 3.8) is 0 Å². The third-order valence-corrected chi connectivity index (χ3v) is 3.78. The fourth-order valence-electron chi connectivity index (χ4n) is 2.39. The third kappa shape index (κ3) is 2.98. The average molecular weight is 183 g/mol. The summed E-state index contributed by atoms with van der Waals surface area (Å²) < 4.78 is 0. The number of hydrogen-bond donors (Lipinski definition) is 0. The first kappa shape index (κ1) is 11.0. The van der Waals surface area contributed by atoms with Gasteiger partial charge in [0, 0.05) is 6.54 Å². The van der Waals surface area contributed by atoms with E-state index in [0.717, 1.165) is 17.8 Å². The minimum Gasteiger partial charge on any atom is -0.303 e. The Morgan fingerprint density at radius 3 is 2.46 bits per heavy atom. The van der Waals surface area contributed by atoms with E-state index in [1.54, 1.807) is 0 Å². The van der Waals surface area contributed by atoms with Crippen LogP contribution in [0, 0.1) is 17.8 Å². The molecule has 0 aliphatic carbocycles. The third-order valence-electron chi connectivity index (χ3n) is 3.78. The highest BCUT2D eigenvalue weighted by Crippen LogP contribution is 2.27. The summed E-state index contributed by atoms with van der Waals surface area (Å²) >= 11 is 0. The zero-order valence-electron chi connectivity index (χ0n) is 9.71. The fraction of sp³-hybridized carbons (Fsp3) is 1.00. The molecule has 1 fully saturated rings. The van der Waals surface area contributed by atoms with Crippen molar-refractivity contribution in [2.45, 2.75) is 40.5 Å². The second-order valence-electron chi connectivity index (χ2n) is 4.90. The molecule has 0 radical (unpaired) electrons. The van der Waals surface area contributed by atoms with E-state index in [1.165, 1.54) is 32.5 Å². The van der Waals surface area contributed by atoms with E-state index in [9.17, 15) is 0 Å². The van der Waals surface area contributed by atoms with Crippen LogP contribution < -0.4 is 0 Å². The molecule has 3 unspecified atom stereocenters. The Labute approximate surface area is 83.5 Å². The van der Waals surface area contributed by atoms with E-state index in [-0.39, 0.29) is 0 Å². The van der Waals surface area contributed by atoms with Gasteiger partial charge in [0.2, 0.25) is 0 Å². The lowest BCUT2D eigenvalue weighted by molar-refractivity contribution is 0.235. The first-order chi connectivity index (χ1) is 6.15. The van der Waals surface area contributed by atoms with Crippen molar-refractivity contribution in [3.05, 3.63) is 0 Å². The molecule has 1 heteroatoms. The van der Waals surface area contributed by atoms with Crippen LogP contribution in [0.4, 0.5) is 0 Å². The second-order valence-corrected chi connectivity index (χ2v) is 4.90. The van der Waals surface area contributed by atoms with E-state index in [4.69, 9.17) is 0 Å². The predicted molar refractivity (Wildman–Crippen MR) is 58.8 cm³/mol. The summed E-state index contributed by atoms with van der Waals surface area (Å²) in [6, 6.07) is 0. The molecule has 1 aliphatic rings. The topological polar surface area (TPSA) is 3.24 Å². The van der Waals surface area contributed by atoms with Crippen molar-refractivity contribution >= 4 is 0 Å². The van der Waals surface area contributed by atoms with Crippen LogP contribution in [-0.2, 0) is 0 Å². The molecule has 78 valence electrons. The smallest absolute Gasteiger partial charge is 0.000966 e. The maximum Gasteiger partial charge on any atom is 0.000966 e. The van der Waals surface area contributed by atoms with Gasteiger partial charge in [0.25, 0.3) is 0 Å². The minimum absolute atomic E-state index is 0.879. The fourth-order valence-corrected chi connectivity index (χ4v) is 2.39. The molecule has 3 atom stereocenters. The molecule has 1 saturated heterocycles. The molecular weight excluding hydrogens is 158 g/mol. The molecule has 0 bridgehead atoms. The highest BCUT2D eigenvalue weighted by molar-refractivity contribution is 4.76. The van der Waals surface area contributed by atoms with E-state index < -0.39 is 0 Å². The summed E-state index contributed by atoms with van der Waals surface area (Å²) in [7, 11) is 0. The largest absolute Gasteiger partial charge is 0.303 e. The minimum atomic E-state index is 0.879. The summed E-state index contributed by atoms with van der Waals surface area (Å²) in [5, 5.41) is 0. The molecule has 0 amide bonds.